The predicted molar refractivity (Wildman–Crippen MR) is 73.9 cm³/mol. The van der Waals surface area contributed by atoms with Gasteiger partial charge in [-0.2, -0.15) is 5.10 Å². The van der Waals surface area contributed by atoms with Crippen molar-refractivity contribution in [2.45, 2.75) is 45.7 Å². The second-order valence-corrected chi connectivity index (χ2v) is 4.86. The number of rotatable bonds is 9. The average Bonchev–Trinajstić information content (AvgIpc) is 2.69. The summed E-state index contributed by atoms with van der Waals surface area (Å²) in [6.45, 7) is 4.19. The van der Waals surface area contributed by atoms with Crippen molar-refractivity contribution < 1.29 is 13.5 Å². The topological polar surface area (TPSA) is 65.1 Å². The third-order valence-electron chi connectivity index (χ3n) is 2.98. The highest BCUT2D eigenvalue weighted by atomic mass is 35.5. The first kappa shape index (κ1) is 17.3. The number of hydrogen-bond acceptors (Lipinski definition) is 4. The molecule has 1 unspecified atom stereocenters. The molecule has 1 heterocycles. The monoisotopic (exact) mass is 310 g/mol. The molecule has 1 atom stereocenters. The third-order valence-corrected chi connectivity index (χ3v) is 3.47. The Labute approximate surface area is 122 Å². The summed E-state index contributed by atoms with van der Waals surface area (Å²) in [7, 11) is 0. The van der Waals surface area contributed by atoms with Gasteiger partial charge in [-0.25, -0.2) is 8.78 Å². The van der Waals surface area contributed by atoms with Crippen LogP contribution in [0.25, 0.3) is 0 Å². The Bertz CT molecular complexity index is 414. The molecule has 0 aromatic carbocycles. The Hall–Kier alpha value is -0.760. The molecule has 0 aliphatic carbocycles. The van der Waals surface area contributed by atoms with Gasteiger partial charge in [-0.15, -0.1) is 0 Å². The van der Waals surface area contributed by atoms with E-state index in [0.29, 0.717) is 24.4 Å². The number of aromatic nitrogens is 2. The number of nitrogens with two attached hydrogens (primary N) is 1. The van der Waals surface area contributed by atoms with Crippen LogP contribution < -0.4 is 11.3 Å². The first-order chi connectivity index (χ1) is 9.49. The number of hydrazine groups is 1. The lowest BCUT2D eigenvalue weighted by molar-refractivity contribution is 0.0144. The number of halogens is 3. The number of nitrogens with zero attached hydrogens (tertiary/aromatic N) is 2. The molecule has 1 aromatic rings. The Morgan fingerprint density at radius 2 is 2.20 bits per heavy atom. The smallest absolute Gasteiger partial charge is 0.261 e. The summed E-state index contributed by atoms with van der Waals surface area (Å²) in [5, 5.41) is 4.95. The maximum Gasteiger partial charge on any atom is 0.261 e. The van der Waals surface area contributed by atoms with Crippen molar-refractivity contribution in [2.75, 3.05) is 13.2 Å². The van der Waals surface area contributed by atoms with Gasteiger partial charge in [0.15, 0.2) is 0 Å². The Morgan fingerprint density at radius 1 is 1.50 bits per heavy atom. The minimum atomic E-state index is -2.45. The number of hydrogen-bond donors (Lipinski definition) is 2. The zero-order valence-corrected chi connectivity index (χ0v) is 12.5. The molecule has 0 saturated heterocycles. The standard InChI is InChI=1S/C12H21ClF2N4O/c1-3-19-10(12(13)8(2)18-19)6-9(17-16)4-5-20-7-11(14)15/h9,11,17H,3-7,16H2,1-2H3. The van der Waals surface area contributed by atoms with Crippen LogP contribution in [0.2, 0.25) is 5.02 Å². The molecule has 116 valence electrons. The van der Waals surface area contributed by atoms with Crippen LogP contribution in [0, 0.1) is 6.92 Å². The number of aryl methyl sites for hydroxylation is 2. The lowest BCUT2D eigenvalue weighted by atomic mass is 10.1. The van der Waals surface area contributed by atoms with Crippen molar-refractivity contribution in [2.24, 2.45) is 5.84 Å². The van der Waals surface area contributed by atoms with Crippen molar-refractivity contribution >= 4 is 11.6 Å². The van der Waals surface area contributed by atoms with E-state index in [1.165, 1.54) is 0 Å². The van der Waals surface area contributed by atoms with Crippen molar-refractivity contribution in [3.63, 3.8) is 0 Å². The molecule has 0 fully saturated rings. The highest BCUT2D eigenvalue weighted by Gasteiger charge is 2.17. The van der Waals surface area contributed by atoms with E-state index in [0.717, 1.165) is 11.4 Å². The van der Waals surface area contributed by atoms with Gasteiger partial charge in [0.1, 0.15) is 6.61 Å². The number of alkyl halides is 2. The first-order valence-corrected chi connectivity index (χ1v) is 6.91. The van der Waals surface area contributed by atoms with Crippen LogP contribution in [0.1, 0.15) is 24.7 Å². The Morgan fingerprint density at radius 3 is 2.75 bits per heavy atom. The minimum Gasteiger partial charge on any atom is -0.375 e. The summed E-state index contributed by atoms with van der Waals surface area (Å²) in [6.07, 6.45) is -1.35. The quantitative estimate of drug-likeness (QED) is 0.415. The molecule has 5 nitrogen and oxygen atoms in total. The highest BCUT2D eigenvalue weighted by molar-refractivity contribution is 6.31. The van der Waals surface area contributed by atoms with Crippen LogP contribution in [-0.4, -0.2) is 35.5 Å². The molecule has 0 spiro atoms. The van der Waals surface area contributed by atoms with Gasteiger partial charge >= 0.3 is 0 Å². The molecule has 8 heteroatoms. The van der Waals surface area contributed by atoms with E-state index >= 15 is 0 Å². The maximum atomic E-state index is 11.9. The van der Waals surface area contributed by atoms with E-state index in [4.69, 9.17) is 22.2 Å². The first-order valence-electron chi connectivity index (χ1n) is 6.53. The van der Waals surface area contributed by atoms with Crippen molar-refractivity contribution in [3.05, 3.63) is 16.4 Å². The van der Waals surface area contributed by atoms with Gasteiger partial charge in [0.05, 0.1) is 16.4 Å². The molecule has 0 amide bonds. The van der Waals surface area contributed by atoms with E-state index in [-0.39, 0.29) is 12.6 Å². The van der Waals surface area contributed by atoms with Gasteiger partial charge in [-0.1, -0.05) is 11.6 Å². The molecular formula is C12H21ClF2N4O. The summed E-state index contributed by atoms with van der Waals surface area (Å²) in [5.74, 6) is 5.48. The van der Waals surface area contributed by atoms with Crippen LogP contribution in [0.4, 0.5) is 8.78 Å². The highest BCUT2D eigenvalue weighted by Crippen LogP contribution is 2.22. The summed E-state index contributed by atoms with van der Waals surface area (Å²) >= 11 is 6.21. The molecule has 1 aromatic heterocycles. The van der Waals surface area contributed by atoms with Gasteiger partial charge in [-0.05, 0) is 20.3 Å². The summed E-state index contributed by atoms with van der Waals surface area (Å²) in [6, 6.07) is -0.105. The Kier molecular flexibility index (Phi) is 7.36. The summed E-state index contributed by atoms with van der Waals surface area (Å²) in [4.78, 5) is 0. The molecule has 1 rings (SSSR count). The van der Waals surface area contributed by atoms with Gasteiger partial charge in [0.25, 0.3) is 6.43 Å². The van der Waals surface area contributed by atoms with Crippen molar-refractivity contribution in [3.8, 4) is 0 Å². The lowest BCUT2D eigenvalue weighted by Crippen LogP contribution is -2.38. The minimum absolute atomic E-state index is 0.105. The third kappa shape index (κ3) is 4.97. The molecule has 0 aliphatic rings. The second-order valence-electron chi connectivity index (χ2n) is 4.48. The van der Waals surface area contributed by atoms with Gasteiger partial charge in [0, 0.05) is 25.6 Å². The zero-order chi connectivity index (χ0) is 15.1. The van der Waals surface area contributed by atoms with Crippen LogP contribution in [0.15, 0.2) is 0 Å². The lowest BCUT2D eigenvalue weighted by Gasteiger charge is -2.16. The summed E-state index contributed by atoms with van der Waals surface area (Å²) in [5.41, 5.74) is 4.32. The molecule has 0 radical (unpaired) electrons. The number of ether oxygens (including phenoxy) is 1. The van der Waals surface area contributed by atoms with Crippen molar-refractivity contribution in [1.29, 1.82) is 0 Å². The molecule has 20 heavy (non-hydrogen) atoms. The average molecular weight is 311 g/mol. The normalized spacial score (nSPS) is 13.2. The molecule has 0 bridgehead atoms. The van der Waals surface area contributed by atoms with Crippen molar-refractivity contribution in [1.82, 2.24) is 15.2 Å². The van der Waals surface area contributed by atoms with E-state index in [1.807, 2.05) is 18.5 Å². The predicted octanol–water partition coefficient (Wildman–Crippen LogP) is 1.91. The fraction of sp³-hybridized carbons (Fsp3) is 0.750. The molecule has 3 N–H and O–H groups in total. The fourth-order valence-corrected chi connectivity index (χ4v) is 2.15. The SMILES string of the molecule is CCn1nc(C)c(Cl)c1CC(CCOCC(F)F)NN. The maximum absolute atomic E-state index is 11.9. The molecule has 0 aliphatic heterocycles. The van der Waals surface area contributed by atoms with E-state index in [9.17, 15) is 8.78 Å². The molecular weight excluding hydrogens is 290 g/mol. The number of nitrogens with one attached hydrogen (secondary N) is 1. The largest absolute Gasteiger partial charge is 0.375 e. The van der Waals surface area contributed by atoms with Crippen LogP contribution in [0.3, 0.4) is 0 Å². The summed E-state index contributed by atoms with van der Waals surface area (Å²) < 4.78 is 30.6. The van der Waals surface area contributed by atoms with Crippen LogP contribution in [0.5, 0.6) is 0 Å². The van der Waals surface area contributed by atoms with Gasteiger partial charge < -0.3 is 4.74 Å². The van der Waals surface area contributed by atoms with Crippen LogP contribution in [-0.2, 0) is 17.7 Å². The van der Waals surface area contributed by atoms with E-state index < -0.39 is 13.0 Å². The Balaban J connectivity index is 2.55. The zero-order valence-electron chi connectivity index (χ0n) is 11.7. The molecule has 0 saturated carbocycles. The second kappa shape index (κ2) is 8.51. The van der Waals surface area contributed by atoms with E-state index in [2.05, 4.69) is 10.5 Å². The van der Waals surface area contributed by atoms with Gasteiger partial charge in [0.2, 0.25) is 0 Å². The fourth-order valence-electron chi connectivity index (χ4n) is 1.94. The van der Waals surface area contributed by atoms with Crippen LogP contribution >= 0.6 is 11.6 Å². The van der Waals surface area contributed by atoms with E-state index in [1.54, 1.807) is 0 Å². The van der Waals surface area contributed by atoms with Gasteiger partial charge in [-0.3, -0.25) is 16.0 Å².